The zero-order chi connectivity index (χ0) is 43.3. The van der Waals surface area contributed by atoms with Crippen LogP contribution in [0.2, 0.25) is 0 Å². The summed E-state index contributed by atoms with van der Waals surface area (Å²) in [5.41, 5.74) is -2.40. The van der Waals surface area contributed by atoms with Crippen molar-refractivity contribution < 1.29 is 24.6 Å². The van der Waals surface area contributed by atoms with Crippen LogP contribution in [0.4, 0.5) is 0 Å². The van der Waals surface area contributed by atoms with E-state index in [1.54, 1.807) is 0 Å². The molecular formula is C54H104O5. The van der Waals surface area contributed by atoms with Gasteiger partial charge in [-0.05, 0) is 19.3 Å². The first-order valence-corrected chi connectivity index (χ1v) is 26.8. The summed E-state index contributed by atoms with van der Waals surface area (Å²) in [5.74, 6) is -1.66. The SMILES string of the molecule is CCCCCCCCCCCCCCCCC(=O)CC(O)(C(=O)CCCCCCCCCCCCCCCC)C(=O)C(O)CCCCCCCCCCCCCCCC. The molecule has 5 heteroatoms. The molecule has 0 aliphatic carbocycles. The van der Waals surface area contributed by atoms with Crippen molar-refractivity contribution in [1.82, 2.24) is 0 Å². The van der Waals surface area contributed by atoms with Gasteiger partial charge in [-0.15, -0.1) is 0 Å². The maximum Gasteiger partial charge on any atom is 0.200 e. The summed E-state index contributed by atoms with van der Waals surface area (Å²) in [4.78, 5) is 40.3. The van der Waals surface area contributed by atoms with Crippen molar-refractivity contribution >= 4 is 17.3 Å². The highest BCUT2D eigenvalue weighted by atomic mass is 16.3. The van der Waals surface area contributed by atoms with E-state index in [1.807, 2.05) is 0 Å². The van der Waals surface area contributed by atoms with E-state index in [2.05, 4.69) is 20.8 Å². The second-order valence-electron chi connectivity index (χ2n) is 19.0. The molecule has 59 heavy (non-hydrogen) atoms. The lowest BCUT2D eigenvalue weighted by molar-refractivity contribution is -0.160. The Morgan fingerprint density at radius 1 is 0.356 bits per heavy atom. The average Bonchev–Trinajstić information content (AvgIpc) is 3.23. The van der Waals surface area contributed by atoms with Gasteiger partial charge in [0.15, 0.2) is 11.4 Å². The number of unbranched alkanes of at least 4 members (excludes halogenated alkanes) is 39. The van der Waals surface area contributed by atoms with Gasteiger partial charge in [-0.2, -0.15) is 0 Å². The number of aliphatic hydroxyl groups excluding tert-OH is 1. The molecular weight excluding hydrogens is 729 g/mol. The van der Waals surface area contributed by atoms with Gasteiger partial charge in [-0.25, -0.2) is 0 Å². The van der Waals surface area contributed by atoms with E-state index >= 15 is 0 Å². The minimum absolute atomic E-state index is 0.0813. The highest BCUT2D eigenvalue weighted by molar-refractivity contribution is 6.14. The van der Waals surface area contributed by atoms with Gasteiger partial charge >= 0.3 is 0 Å². The number of rotatable bonds is 50. The first kappa shape index (κ1) is 57.9. The molecule has 0 radical (unpaired) electrons. The number of aliphatic hydroxyl groups is 2. The Hall–Kier alpha value is -1.07. The summed E-state index contributed by atoms with van der Waals surface area (Å²) in [6.07, 6.45) is 50.0. The molecule has 0 aromatic carbocycles. The Labute approximate surface area is 368 Å². The van der Waals surface area contributed by atoms with Crippen molar-refractivity contribution in [3.63, 3.8) is 0 Å². The average molecular weight is 833 g/mol. The molecule has 0 heterocycles. The number of carbonyl (C=O) groups excluding carboxylic acids is 3. The number of Topliss-reactive ketones (excluding diaryl/α,β-unsaturated/α-hetero) is 3. The standard InChI is InChI=1S/C54H104O5/c1-4-7-10-13-16-19-22-25-28-31-34-37-40-43-46-50(55)49-54(59,52(57)48-45-42-39-36-33-30-27-24-21-18-15-12-9-6-3)53(58)51(56)47-44-41-38-35-32-29-26-23-20-17-14-11-8-5-2/h51,56,59H,4-49H2,1-3H3. The fraction of sp³-hybridized carbons (Fsp3) is 0.944. The predicted molar refractivity (Wildman–Crippen MR) is 255 cm³/mol. The molecule has 2 unspecified atom stereocenters. The Kier molecular flexibility index (Phi) is 44.2. The normalized spacial score (nSPS) is 13.2. The highest BCUT2D eigenvalue weighted by Crippen LogP contribution is 2.25. The Morgan fingerprint density at radius 3 is 0.881 bits per heavy atom. The van der Waals surface area contributed by atoms with Crippen LogP contribution in [0.3, 0.4) is 0 Å². The molecule has 0 rings (SSSR count). The lowest BCUT2D eigenvalue weighted by atomic mass is 9.81. The van der Waals surface area contributed by atoms with Crippen molar-refractivity contribution in [2.45, 2.75) is 328 Å². The second kappa shape index (κ2) is 45.0. The van der Waals surface area contributed by atoms with Crippen molar-refractivity contribution in [3.05, 3.63) is 0 Å². The minimum Gasteiger partial charge on any atom is -0.385 e. The van der Waals surface area contributed by atoms with E-state index < -0.39 is 29.7 Å². The molecule has 0 fully saturated rings. The van der Waals surface area contributed by atoms with Gasteiger partial charge < -0.3 is 10.2 Å². The summed E-state index contributed by atoms with van der Waals surface area (Å²) in [6, 6.07) is 0. The van der Waals surface area contributed by atoms with E-state index in [-0.39, 0.29) is 25.0 Å². The van der Waals surface area contributed by atoms with Crippen LogP contribution in [0, 0.1) is 0 Å². The molecule has 2 N–H and O–H groups in total. The van der Waals surface area contributed by atoms with Crippen LogP contribution in [-0.2, 0) is 14.4 Å². The number of carbonyl (C=O) groups is 3. The van der Waals surface area contributed by atoms with E-state index in [0.29, 0.717) is 12.8 Å². The van der Waals surface area contributed by atoms with Crippen LogP contribution in [0.5, 0.6) is 0 Å². The first-order chi connectivity index (χ1) is 28.8. The predicted octanol–water partition coefficient (Wildman–Crippen LogP) is 16.8. The van der Waals surface area contributed by atoms with Crippen molar-refractivity contribution in [2.24, 2.45) is 0 Å². The molecule has 2 atom stereocenters. The monoisotopic (exact) mass is 833 g/mol. The third-order valence-electron chi connectivity index (χ3n) is 13.0. The minimum atomic E-state index is -2.40. The quantitative estimate of drug-likeness (QED) is 0.0470. The van der Waals surface area contributed by atoms with E-state index in [1.165, 1.54) is 199 Å². The molecule has 0 bridgehead atoms. The summed E-state index contributed by atoms with van der Waals surface area (Å²) >= 11 is 0. The summed E-state index contributed by atoms with van der Waals surface area (Å²) in [6.45, 7) is 6.79. The topological polar surface area (TPSA) is 91.7 Å². The maximum atomic E-state index is 13.6. The van der Waals surface area contributed by atoms with Crippen molar-refractivity contribution in [2.75, 3.05) is 0 Å². The molecule has 350 valence electrons. The zero-order valence-electron chi connectivity index (χ0n) is 40.2. The van der Waals surface area contributed by atoms with Crippen LogP contribution < -0.4 is 0 Å². The molecule has 0 saturated carbocycles. The third kappa shape index (κ3) is 37.2. The highest BCUT2D eigenvalue weighted by Gasteiger charge is 2.46. The van der Waals surface area contributed by atoms with Gasteiger partial charge in [0.25, 0.3) is 0 Å². The van der Waals surface area contributed by atoms with Crippen molar-refractivity contribution in [3.8, 4) is 0 Å². The summed E-state index contributed by atoms with van der Waals surface area (Å²) < 4.78 is 0. The maximum absolute atomic E-state index is 13.6. The van der Waals surface area contributed by atoms with Crippen LogP contribution in [-0.4, -0.2) is 39.3 Å². The molecule has 0 spiro atoms. The number of ketones is 3. The third-order valence-corrected chi connectivity index (χ3v) is 13.0. The lowest BCUT2D eigenvalue weighted by Crippen LogP contribution is -2.52. The molecule has 0 aromatic rings. The summed E-state index contributed by atoms with van der Waals surface area (Å²) in [7, 11) is 0. The van der Waals surface area contributed by atoms with E-state index in [0.717, 1.165) is 57.8 Å². The van der Waals surface area contributed by atoms with Crippen LogP contribution in [0.1, 0.15) is 316 Å². The van der Waals surface area contributed by atoms with Gasteiger partial charge in [0.05, 0.1) is 0 Å². The smallest absolute Gasteiger partial charge is 0.200 e. The Bertz CT molecular complexity index is 916. The van der Waals surface area contributed by atoms with Gasteiger partial charge in [-0.3, -0.25) is 14.4 Å². The van der Waals surface area contributed by atoms with Gasteiger partial charge in [0, 0.05) is 19.3 Å². The number of hydrogen-bond donors (Lipinski definition) is 2. The summed E-state index contributed by atoms with van der Waals surface area (Å²) in [5, 5.41) is 22.6. The van der Waals surface area contributed by atoms with Crippen LogP contribution >= 0.6 is 0 Å². The van der Waals surface area contributed by atoms with Gasteiger partial charge in [0.1, 0.15) is 11.9 Å². The lowest BCUT2D eigenvalue weighted by Gasteiger charge is -2.27. The van der Waals surface area contributed by atoms with Crippen LogP contribution in [0.15, 0.2) is 0 Å². The fourth-order valence-electron chi connectivity index (χ4n) is 8.84. The van der Waals surface area contributed by atoms with Gasteiger partial charge in [-0.1, -0.05) is 278 Å². The Morgan fingerprint density at radius 2 is 0.593 bits per heavy atom. The molecule has 5 nitrogen and oxygen atoms in total. The molecule has 0 saturated heterocycles. The number of hydrogen-bond acceptors (Lipinski definition) is 5. The fourth-order valence-corrected chi connectivity index (χ4v) is 8.84. The second-order valence-corrected chi connectivity index (χ2v) is 19.0. The Balaban J connectivity index is 4.61. The largest absolute Gasteiger partial charge is 0.385 e. The van der Waals surface area contributed by atoms with E-state index in [9.17, 15) is 24.6 Å². The molecule has 0 aliphatic rings. The van der Waals surface area contributed by atoms with E-state index in [4.69, 9.17) is 0 Å². The first-order valence-electron chi connectivity index (χ1n) is 26.8. The molecule has 0 aliphatic heterocycles. The zero-order valence-corrected chi connectivity index (χ0v) is 40.2. The molecule has 0 aromatic heterocycles. The molecule has 0 amide bonds. The van der Waals surface area contributed by atoms with Gasteiger partial charge in [0.2, 0.25) is 5.78 Å². The van der Waals surface area contributed by atoms with Crippen molar-refractivity contribution in [1.29, 1.82) is 0 Å². The van der Waals surface area contributed by atoms with Crippen LogP contribution in [0.25, 0.3) is 0 Å².